The maximum atomic E-state index is 13.4. The molecule has 0 radical (unpaired) electrons. The molecule has 0 aliphatic carbocycles. The van der Waals surface area contributed by atoms with Gasteiger partial charge in [-0.15, -0.1) is 0 Å². The number of carbonyl (C=O) groups is 1. The monoisotopic (exact) mass is 288 g/mol. The average Bonchev–Trinajstić information content (AvgIpc) is 2.43. The van der Waals surface area contributed by atoms with Gasteiger partial charge in [0.05, 0.1) is 7.11 Å². The molecule has 2 rings (SSSR count). The van der Waals surface area contributed by atoms with Crippen molar-refractivity contribution in [1.82, 2.24) is 0 Å². The van der Waals surface area contributed by atoms with E-state index in [0.29, 0.717) is 17.0 Å². The molecule has 2 aromatic carbocycles. The molecule has 0 aliphatic heterocycles. The molecule has 0 aromatic heterocycles. The number of anilines is 1. The number of carbonyl (C=O) groups excluding carboxylic acids is 1. The molecule has 0 saturated heterocycles. The third-order valence-electron chi connectivity index (χ3n) is 3.06. The number of hydrogen-bond donors (Lipinski definition) is 2. The summed E-state index contributed by atoms with van der Waals surface area (Å²) in [5, 5.41) is 2.96. The highest BCUT2D eigenvalue weighted by atomic mass is 19.1. The Morgan fingerprint density at radius 3 is 2.67 bits per heavy atom. The lowest BCUT2D eigenvalue weighted by Gasteiger charge is -2.18. The Balaban J connectivity index is 2.32. The summed E-state index contributed by atoms with van der Waals surface area (Å²) >= 11 is 0. The van der Waals surface area contributed by atoms with Crippen LogP contribution in [0.5, 0.6) is 5.75 Å². The number of benzene rings is 2. The molecule has 1 unspecified atom stereocenters. The van der Waals surface area contributed by atoms with Crippen LogP contribution in [-0.2, 0) is 4.79 Å². The number of nitrogens with one attached hydrogen (secondary N) is 1. The predicted octanol–water partition coefficient (Wildman–Crippen LogP) is 2.78. The van der Waals surface area contributed by atoms with E-state index in [1.807, 2.05) is 0 Å². The lowest BCUT2D eigenvalue weighted by atomic mass is 10.1. The highest BCUT2D eigenvalue weighted by Gasteiger charge is 2.18. The standard InChI is InChI=1S/C16H17FN2O2/c1-10-6-12(17)9-13(7-10)19-15(16(18)20)11-4-3-5-14(8-11)21-2/h3-9,15,19H,1-2H3,(H2,18,20). The van der Waals surface area contributed by atoms with E-state index >= 15 is 0 Å². The number of aryl methyl sites for hydroxylation is 1. The Bertz CT molecular complexity index is 638. The molecule has 0 aliphatic rings. The van der Waals surface area contributed by atoms with Gasteiger partial charge in [0.15, 0.2) is 0 Å². The summed E-state index contributed by atoms with van der Waals surface area (Å²) in [6, 6.07) is 10.7. The van der Waals surface area contributed by atoms with E-state index < -0.39 is 11.9 Å². The number of primary amides is 1. The minimum atomic E-state index is -0.763. The zero-order valence-electron chi connectivity index (χ0n) is 11.9. The minimum absolute atomic E-state index is 0.369. The number of methoxy groups -OCH3 is 1. The van der Waals surface area contributed by atoms with Crippen LogP contribution >= 0.6 is 0 Å². The summed E-state index contributed by atoms with van der Waals surface area (Å²) in [5.41, 5.74) is 7.36. The largest absolute Gasteiger partial charge is 0.497 e. The fourth-order valence-corrected chi connectivity index (χ4v) is 2.13. The normalized spacial score (nSPS) is 11.8. The van der Waals surface area contributed by atoms with Gasteiger partial charge in [0.25, 0.3) is 0 Å². The van der Waals surface area contributed by atoms with Gasteiger partial charge in [0.1, 0.15) is 17.6 Å². The Kier molecular flexibility index (Phi) is 4.42. The van der Waals surface area contributed by atoms with Gasteiger partial charge < -0.3 is 15.8 Å². The van der Waals surface area contributed by atoms with E-state index in [2.05, 4.69) is 5.32 Å². The second-order valence-corrected chi connectivity index (χ2v) is 4.77. The quantitative estimate of drug-likeness (QED) is 0.889. The predicted molar refractivity (Wildman–Crippen MR) is 79.7 cm³/mol. The van der Waals surface area contributed by atoms with Gasteiger partial charge in [0.2, 0.25) is 5.91 Å². The SMILES string of the molecule is COc1cccc(C(Nc2cc(C)cc(F)c2)C(N)=O)c1. The van der Waals surface area contributed by atoms with Crippen molar-refractivity contribution in [3.8, 4) is 5.75 Å². The van der Waals surface area contributed by atoms with Gasteiger partial charge in [-0.05, 0) is 48.4 Å². The molecular weight excluding hydrogens is 271 g/mol. The maximum absolute atomic E-state index is 13.4. The first kappa shape index (κ1) is 14.8. The number of amides is 1. The van der Waals surface area contributed by atoms with E-state index in [4.69, 9.17) is 10.5 Å². The van der Waals surface area contributed by atoms with Crippen molar-refractivity contribution in [3.63, 3.8) is 0 Å². The van der Waals surface area contributed by atoms with Crippen LogP contribution in [0, 0.1) is 12.7 Å². The van der Waals surface area contributed by atoms with Gasteiger partial charge in [-0.3, -0.25) is 4.79 Å². The van der Waals surface area contributed by atoms with Gasteiger partial charge in [-0.1, -0.05) is 12.1 Å². The average molecular weight is 288 g/mol. The fourth-order valence-electron chi connectivity index (χ4n) is 2.13. The first-order valence-corrected chi connectivity index (χ1v) is 6.46. The van der Waals surface area contributed by atoms with Crippen molar-refractivity contribution in [2.75, 3.05) is 12.4 Å². The molecular formula is C16H17FN2O2. The number of rotatable bonds is 5. The van der Waals surface area contributed by atoms with E-state index in [1.54, 1.807) is 44.4 Å². The van der Waals surface area contributed by atoms with Crippen molar-refractivity contribution < 1.29 is 13.9 Å². The first-order valence-electron chi connectivity index (χ1n) is 6.46. The van der Waals surface area contributed by atoms with E-state index in [-0.39, 0.29) is 5.82 Å². The molecule has 0 spiro atoms. The van der Waals surface area contributed by atoms with Crippen LogP contribution in [0.4, 0.5) is 10.1 Å². The van der Waals surface area contributed by atoms with Gasteiger partial charge in [0, 0.05) is 5.69 Å². The van der Waals surface area contributed by atoms with E-state index in [9.17, 15) is 9.18 Å². The van der Waals surface area contributed by atoms with Crippen molar-refractivity contribution >= 4 is 11.6 Å². The maximum Gasteiger partial charge on any atom is 0.244 e. The van der Waals surface area contributed by atoms with Crippen molar-refractivity contribution in [2.45, 2.75) is 13.0 Å². The summed E-state index contributed by atoms with van der Waals surface area (Å²) in [4.78, 5) is 11.7. The van der Waals surface area contributed by atoms with Gasteiger partial charge in [-0.2, -0.15) is 0 Å². The number of hydrogen-bond acceptors (Lipinski definition) is 3. The van der Waals surface area contributed by atoms with E-state index in [0.717, 1.165) is 5.56 Å². The highest BCUT2D eigenvalue weighted by Crippen LogP contribution is 2.24. The Morgan fingerprint density at radius 2 is 2.05 bits per heavy atom. The second-order valence-electron chi connectivity index (χ2n) is 4.77. The molecule has 0 saturated carbocycles. The number of nitrogens with two attached hydrogens (primary N) is 1. The molecule has 2 aromatic rings. The van der Waals surface area contributed by atoms with Crippen LogP contribution in [-0.4, -0.2) is 13.0 Å². The van der Waals surface area contributed by atoms with E-state index in [1.165, 1.54) is 12.1 Å². The third-order valence-corrected chi connectivity index (χ3v) is 3.06. The minimum Gasteiger partial charge on any atom is -0.497 e. The summed E-state index contributed by atoms with van der Waals surface area (Å²) in [6.07, 6.45) is 0. The van der Waals surface area contributed by atoms with Crippen LogP contribution < -0.4 is 15.8 Å². The third kappa shape index (κ3) is 3.72. The number of halogens is 1. The zero-order valence-corrected chi connectivity index (χ0v) is 11.9. The summed E-state index contributed by atoms with van der Waals surface area (Å²) in [6.45, 7) is 1.78. The Morgan fingerprint density at radius 1 is 1.29 bits per heavy atom. The molecule has 0 bridgehead atoms. The lowest BCUT2D eigenvalue weighted by molar-refractivity contribution is -0.118. The molecule has 4 nitrogen and oxygen atoms in total. The topological polar surface area (TPSA) is 64.3 Å². The molecule has 0 heterocycles. The fraction of sp³-hybridized carbons (Fsp3) is 0.188. The summed E-state index contributed by atoms with van der Waals surface area (Å²) in [7, 11) is 1.54. The second kappa shape index (κ2) is 6.26. The van der Waals surface area contributed by atoms with Crippen LogP contribution in [0.25, 0.3) is 0 Å². The molecule has 110 valence electrons. The van der Waals surface area contributed by atoms with Gasteiger partial charge >= 0.3 is 0 Å². The van der Waals surface area contributed by atoms with Crippen molar-refractivity contribution in [3.05, 3.63) is 59.4 Å². The lowest BCUT2D eigenvalue weighted by Crippen LogP contribution is -2.27. The molecule has 3 N–H and O–H groups in total. The molecule has 0 fully saturated rings. The van der Waals surface area contributed by atoms with Crippen LogP contribution in [0.2, 0.25) is 0 Å². The molecule has 1 amide bonds. The highest BCUT2D eigenvalue weighted by molar-refractivity contribution is 5.84. The number of ether oxygens (including phenoxy) is 1. The molecule has 1 atom stereocenters. The Hall–Kier alpha value is -2.56. The van der Waals surface area contributed by atoms with Crippen LogP contribution in [0.15, 0.2) is 42.5 Å². The van der Waals surface area contributed by atoms with Crippen LogP contribution in [0.3, 0.4) is 0 Å². The smallest absolute Gasteiger partial charge is 0.244 e. The van der Waals surface area contributed by atoms with Crippen molar-refractivity contribution in [2.24, 2.45) is 5.73 Å². The zero-order chi connectivity index (χ0) is 15.4. The summed E-state index contributed by atoms with van der Waals surface area (Å²) < 4.78 is 18.6. The molecule has 5 heteroatoms. The van der Waals surface area contributed by atoms with Crippen LogP contribution in [0.1, 0.15) is 17.2 Å². The first-order chi connectivity index (χ1) is 9.99. The van der Waals surface area contributed by atoms with Crippen molar-refractivity contribution in [1.29, 1.82) is 0 Å². The van der Waals surface area contributed by atoms with Gasteiger partial charge in [-0.25, -0.2) is 4.39 Å². The molecule has 21 heavy (non-hydrogen) atoms. The summed E-state index contributed by atoms with van der Waals surface area (Å²) in [5.74, 6) is -0.299. The Labute approximate surface area is 122 Å².